The second-order valence-electron chi connectivity index (χ2n) is 3.28. The van der Waals surface area contributed by atoms with E-state index in [0.717, 1.165) is 30.8 Å². The average Bonchev–Trinajstić information content (AvgIpc) is 2.30. The Balaban J connectivity index is 2.96. The van der Waals surface area contributed by atoms with Crippen LogP contribution >= 0.6 is 0 Å². The highest BCUT2D eigenvalue weighted by atomic mass is 16.5. The third kappa shape index (κ3) is 3.13. The van der Waals surface area contributed by atoms with E-state index in [9.17, 15) is 0 Å². The molecule has 4 nitrogen and oxygen atoms in total. The molecule has 0 spiro atoms. The van der Waals surface area contributed by atoms with E-state index in [0.29, 0.717) is 5.88 Å². The molecule has 0 aliphatic rings. The molecule has 0 unspecified atom stereocenters. The molecule has 0 amide bonds. The minimum absolute atomic E-state index is 0.235. The van der Waals surface area contributed by atoms with Crippen molar-refractivity contribution in [3.63, 3.8) is 0 Å². The van der Waals surface area contributed by atoms with Crippen LogP contribution in [0.4, 0.5) is 5.82 Å². The lowest BCUT2D eigenvalue weighted by atomic mass is 10.1. The zero-order valence-electron chi connectivity index (χ0n) is 9.79. The molecule has 0 atom stereocenters. The maximum Gasteiger partial charge on any atom is 0.222 e. The van der Waals surface area contributed by atoms with Crippen LogP contribution in [0.3, 0.4) is 0 Å². The molecular weight excluding hydrogens is 202 g/mol. The number of ether oxygens (including phenoxy) is 1. The van der Waals surface area contributed by atoms with Gasteiger partial charge in [0.25, 0.3) is 0 Å². The molecular formula is C12H17N3O. The molecule has 0 aromatic carbocycles. The van der Waals surface area contributed by atoms with Crippen LogP contribution in [-0.4, -0.2) is 23.1 Å². The van der Waals surface area contributed by atoms with Gasteiger partial charge >= 0.3 is 0 Å². The summed E-state index contributed by atoms with van der Waals surface area (Å²) in [6.07, 6.45) is 8.54. The number of nitrogens with zero attached hydrogens (tertiary/aromatic N) is 2. The molecule has 0 bridgehead atoms. The van der Waals surface area contributed by atoms with Gasteiger partial charge in [0.1, 0.15) is 12.1 Å². The molecule has 0 saturated carbocycles. The first kappa shape index (κ1) is 12.3. The lowest BCUT2D eigenvalue weighted by Gasteiger charge is -2.12. The summed E-state index contributed by atoms with van der Waals surface area (Å²) in [5.41, 5.74) is 1.00. The van der Waals surface area contributed by atoms with Crippen molar-refractivity contribution in [2.24, 2.45) is 0 Å². The van der Waals surface area contributed by atoms with Gasteiger partial charge in [-0.1, -0.05) is 19.3 Å². The van der Waals surface area contributed by atoms with Gasteiger partial charge in [0, 0.05) is 6.54 Å². The lowest BCUT2D eigenvalue weighted by Crippen LogP contribution is -2.08. The first-order valence-electron chi connectivity index (χ1n) is 5.47. The Kier molecular flexibility index (Phi) is 5.13. The Labute approximate surface area is 96.5 Å². The first-order valence-corrected chi connectivity index (χ1v) is 5.47. The molecule has 1 aromatic rings. The van der Waals surface area contributed by atoms with Crippen LogP contribution in [0.5, 0.6) is 5.88 Å². The summed E-state index contributed by atoms with van der Waals surface area (Å²) in [7, 11) is 0. The minimum Gasteiger partial charge on any atom is -0.464 e. The predicted octanol–water partition coefficient (Wildman–Crippen LogP) is 1.87. The molecule has 4 heteroatoms. The number of anilines is 1. The third-order valence-electron chi connectivity index (χ3n) is 2.04. The fourth-order valence-electron chi connectivity index (χ4n) is 1.43. The summed E-state index contributed by atoms with van der Waals surface area (Å²) >= 11 is 0. The van der Waals surface area contributed by atoms with Crippen LogP contribution in [-0.2, 0) is 6.42 Å². The first-order chi connectivity index (χ1) is 7.83. The highest BCUT2D eigenvalue weighted by Crippen LogP contribution is 2.23. The monoisotopic (exact) mass is 219 g/mol. The Morgan fingerprint density at radius 3 is 2.88 bits per heavy atom. The standard InChI is InChI=1S/C12H17N3O/c1-4-7-10-11(13-6-3)14-9-15-12(10)16-8-5-2/h2,9H,4,6-8H2,1,3H3,(H,13,14,15). The molecule has 0 radical (unpaired) electrons. The molecule has 1 heterocycles. The highest BCUT2D eigenvalue weighted by molar-refractivity contribution is 5.48. The molecule has 0 fully saturated rings. The Morgan fingerprint density at radius 1 is 1.44 bits per heavy atom. The van der Waals surface area contributed by atoms with E-state index >= 15 is 0 Å². The van der Waals surface area contributed by atoms with Crippen LogP contribution in [0.15, 0.2) is 6.33 Å². The summed E-state index contributed by atoms with van der Waals surface area (Å²) in [6, 6.07) is 0. The van der Waals surface area contributed by atoms with Crippen LogP contribution in [0.2, 0.25) is 0 Å². The number of hydrogen-bond acceptors (Lipinski definition) is 4. The van der Waals surface area contributed by atoms with Gasteiger partial charge in [0.05, 0.1) is 5.56 Å². The number of terminal acetylenes is 1. The van der Waals surface area contributed by atoms with Crippen molar-refractivity contribution in [2.45, 2.75) is 26.7 Å². The van der Waals surface area contributed by atoms with Crippen LogP contribution in [0.1, 0.15) is 25.8 Å². The summed E-state index contributed by atoms with van der Waals surface area (Å²) in [4.78, 5) is 8.31. The predicted molar refractivity (Wildman–Crippen MR) is 64.5 cm³/mol. The van der Waals surface area contributed by atoms with Crippen molar-refractivity contribution < 1.29 is 4.74 Å². The quantitative estimate of drug-likeness (QED) is 0.742. The van der Waals surface area contributed by atoms with E-state index in [-0.39, 0.29) is 6.61 Å². The van der Waals surface area contributed by atoms with Crippen LogP contribution in [0, 0.1) is 12.3 Å². The number of rotatable bonds is 6. The Morgan fingerprint density at radius 2 is 2.25 bits per heavy atom. The van der Waals surface area contributed by atoms with E-state index in [2.05, 4.69) is 28.1 Å². The molecule has 0 aliphatic heterocycles. The lowest BCUT2D eigenvalue weighted by molar-refractivity contribution is 0.350. The van der Waals surface area contributed by atoms with E-state index in [1.807, 2.05) is 6.92 Å². The molecule has 16 heavy (non-hydrogen) atoms. The van der Waals surface area contributed by atoms with Crippen molar-refractivity contribution in [1.29, 1.82) is 0 Å². The maximum absolute atomic E-state index is 5.40. The van der Waals surface area contributed by atoms with Gasteiger partial charge in [-0.25, -0.2) is 9.97 Å². The minimum atomic E-state index is 0.235. The summed E-state index contributed by atoms with van der Waals surface area (Å²) in [6.45, 7) is 5.19. The van der Waals surface area contributed by atoms with Crippen LogP contribution < -0.4 is 10.1 Å². The van der Waals surface area contributed by atoms with Gasteiger partial charge in [-0.15, -0.1) is 6.42 Å². The van der Waals surface area contributed by atoms with Gasteiger partial charge < -0.3 is 10.1 Å². The smallest absolute Gasteiger partial charge is 0.222 e. The van der Waals surface area contributed by atoms with Crippen molar-refractivity contribution >= 4 is 5.82 Å². The average molecular weight is 219 g/mol. The van der Waals surface area contributed by atoms with Crippen molar-refractivity contribution in [1.82, 2.24) is 9.97 Å². The molecule has 1 N–H and O–H groups in total. The van der Waals surface area contributed by atoms with Gasteiger partial charge in [-0.2, -0.15) is 0 Å². The fourth-order valence-corrected chi connectivity index (χ4v) is 1.43. The summed E-state index contributed by atoms with van der Waals surface area (Å²) in [5, 5.41) is 3.19. The van der Waals surface area contributed by atoms with Gasteiger partial charge in [-0.3, -0.25) is 0 Å². The van der Waals surface area contributed by atoms with Gasteiger partial charge in [0.2, 0.25) is 5.88 Å². The van der Waals surface area contributed by atoms with Crippen molar-refractivity contribution in [2.75, 3.05) is 18.5 Å². The summed E-state index contributed by atoms with van der Waals surface area (Å²) < 4.78 is 5.40. The summed E-state index contributed by atoms with van der Waals surface area (Å²) in [5.74, 6) is 3.86. The molecule has 0 aliphatic carbocycles. The molecule has 1 aromatic heterocycles. The van der Waals surface area contributed by atoms with E-state index in [1.54, 1.807) is 0 Å². The largest absolute Gasteiger partial charge is 0.464 e. The highest BCUT2D eigenvalue weighted by Gasteiger charge is 2.10. The topological polar surface area (TPSA) is 47.0 Å². The second-order valence-corrected chi connectivity index (χ2v) is 3.28. The normalized spacial score (nSPS) is 9.56. The molecule has 1 rings (SSSR count). The number of nitrogens with one attached hydrogen (secondary N) is 1. The van der Waals surface area contributed by atoms with E-state index in [1.165, 1.54) is 6.33 Å². The molecule has 0 saturated heterocycles. The second kappa shape index (κ2) is 6.67. The van der Waals surface area contributed by atoms with Crippen molar-refractivity contribution in [3.8, 4) is 18.2 Å². The van der Waals surface area contributed by atoms with E-state index in [4.69, 9.17) is 11.2 Å². The zero-order chi connectivity index (χ0) is 11.8. The van der Waals surface area contributed by atoms with E-state index < -0.39 is 0 Å². The fraction of sp³-hybridized carbons (Fsp3) is 0.500. The Bertz CT molecular complexity index is 371. The number of hydrogen-bond donors (Lipinski definition) is 1. The van der Waals surface area contributed by atoms with Crippen LogP contribution in [0.25, 0.3) is 0 Å². The Hall–Kier alpha value is -1.76. The number of aromatic nitrogens is 2. The van der Waals surface area contributed by atoms with Crippen molar-refractivity contribution in [3.05, 3.63) is 11.9 Å². The zero-order valence-corrected chi connectivity index (χ0v) is 9.79. The van der Waals surface area contributed by atoms with Gasteiger partial charge in [0.15, 0.2) is 6.61 Å². The molecule has 86 valence electrons. The SMILES string of the molecule is C#CCOc1ncnc(NCC)c1CCC. The maximum atomic E-state index is 5.40. The van der Waals surface area contributed by atoms with Gasteiger partial charge in [-0.05, 0) is 13.3 Å². The third-order valence-corrected chi connectivity index (χ3v) is 2.04.